The summed E-state index contributed by atoms with van der Waals surface area (Å²) in [6.45, 7) is 9.65. The molecule has 0 aliphatic rings. The van der Waals surface area contributed by atoms with Crippen molar-refractivity contribution in [1.82, 2.24) is 0 Å². The second-order valence-electron chi connectivity index (χ2n) is 7.31. The van der Waals surface area contributed by atoms with Crippen LogP contribution in [0.1, 0.15) is 50.5 Å². The first kappa shape index (κ1) is 24.5. The molecule has 0 aliphatic carbocycles. The maximum Gasteiger partial charge on any atom is 0.312 e. The minimum Gasteiger partial charge on any atom is -0.469 e. The summed E-state index contributed by atoms with van der Waals surface area (Å²) in [6, 6.07) is 16.9. The van der Waals surface area contributed by atoms with Crippen LogP contribution in [0.3, 0.4) is 0 Å². The second kappa shape index (κ2) is 11.5. The lowest BCUT2D eigenvalue weighted by Gasteiger charge is -2.31. The fourth-order valence-electron chi connectivity index (χ4n) is 2.97. The van der Waals surface area contributed by atoms with Crippen LogP contribution in [0.15, 0.2) is 60.7 Å². The van der Waals surface area contributed by atoms with Crippen molar-refractivity contribution in [3.05, 3.63) is 71.8 Å². The molecule has 5 nitrogen and oxygen atoms in total. The number of Topliss-reactive ketones (excluding diaryl/α,β-unsaturated/α-hetero) is 1. The fourth-order valence-corrected chi connectivity index (χ4v) is 2.97. The van der Waals surface area contributed by atoms with E-state index in [0.717, 1.165) is 0 Å². The molecule has 0 heterocycles. The number of ether oxygens (including phenoxy) is 2. The first-order valence-electron chi connectivity index (χ1n) is 9.75. The summed E-state index contributed by atoms with van der Waals surface area (Å²) in [5.41, 5.74) is -1.28. The Balaban J connectivity index is 0.000000516. The van der Waals surface area contributed by atoms with Gasteiger partial charge in [-0.25, -0.2) is 0 Å². The molecule has 0 bridgehead atoms. The summed E-state index contributed by atoms with van der Waals surface area (Å²) in [6.07, 6.45) is 0.750. The lowest BCUT2D eigenvalue weighted by Crippen LogP contribution is -2.45. The molecule has 0 saturated carbocycles. The molecule has 2 unspecified atom stereocenters. The van der Waals surface area contributed by atoms with E-state index in [1.165, 1.54) is 14.0 Å². The number of carbonyl (C=O) groups is 2. The van der Waals surface area contributed by atoms with Gasteiger partial charge in [0, 0.05) is 5.56 Å². The predicted molar refractivity (Wildman–Crippen MR) is 114 cm³/mol. The highest BCUT2D eigenvalue weighted by Gasteiger charge is 2.47. The average molecular weight is 401 g/mol. The average Bonchev–Trinajstić information content (AvgIpc) is 2.72. The van der Waals surface area contributed by atoms with Crippen LogP contribution in [0.5, 0.6) is 0 Å². The molecule has 0 aliphatic heterocycles. The van der Waals surface area contributed by atoms with E-state index >= 15 is 0 Å². The van der Waals surface area contributed by atoms with Gasteiger partial charge in [0.05, 0.1) is 25.2 Å². The van der Waals surface area contributed by atoms with Crippen LogP contribution < -0.4 is 0 Å². The van der Waals surface area contributed by atoms with E-state index in [0.29, 0.717) is 23.3 Å². The quantitative estimate of drug-likeness (QED) is 0.551. The standard InChI is InChI=1S/C18H18O4.C6H14O/c1-13(17(20)22-2)18(21,15-11-7-4-8-12-15)16(19)14-9-5-3-6-10-14;1-5(2)7-6(3)4/h3-13,21H,1-2H3;5-6H,1-4H3. The first-order valence-corrected chi connectivity index (χ1v) is 9.75. The summed E-state index contributed by atoms with van der Waals surface area (Å²) >= 11 is 0. The van der Waals surface area contributed by atoms with Crippen molar-refractivity contribution in [2.75, 3.05) is 7.11 Å². The molecule has 0 amide bonds. The Hall–Kier alpha value is -2.50. The Bertz CT molecular complexity index is 749. The lowest BCUT2D eigenvalue weighted by molar-refractivity contribution is -0.152. The number of hydrogen-bond donors (Lipinski definition) is 1. The van der Waals surface area contributed by atoms with Crippen LogP contribution in [-0.4, -0.2) is 36.2 Å². The van der Waals surface area contributed by atoms with Gasteiger partial charge in [-0.1, -0.05) is 60.7 Å². The van der Waals surface area contributed by atoms with E-state index in [2.05, 4.69) is 0 Å². The Morgan fingerprint density at radius 3 is 1.66 bits per heavy atom. The van der Waals surface area contributed by atoms with E-state index in [-0.39, 0.29) is 0 Å². The van der Waals surface area contributed by atoms with E-state index < -0.39 is 23.3 Å². The van der Waals surface area contributed by atoms with Gasteiger partial charge in [-0.15, -0.1) is 0 Å². The van der Waals surface area contributed by atoms with E-state index in [9.17, 15) is 14.7 Å². The zero-order chi connectivity index (χ0) is 22.0. The van der Waals surface area contributed by atoms with Crippen molar-refractivity contribution in [2.45, 2.75) is 52.4 Å². The summed E-state index contributed by atoms with van der Waals surface area (Å²) in [4.78, 5) is 24.8. The highest BCUT2D eigenvalue weighted by molar-refractivity contribution is 6.05. The molecule has 158 valence electrons. The Morgan fingerprint density at radius 2 is 1.28 bits per heavy atom. The second-order valence-corrected chi connectivity index (χ2v) is 7.31. The molecule has 2 aromatic carbocycles. The zero-order valence-electron chi connectivity index (χ0n) is 18.1. The number of esters is 1. The van der Waals surface area contributed by atoms with Gasteiger partial charge in [-0.2, -0.15) is 0 Å². The molecule has 0 spiro atoms. The summed E-state index contributed by atoms with van der Waals surface area (Å²) in [5, 5.41) is 11.1. The van der Waals surface area contributed by atoms with Crippen molar-refractivity contribution < 1.29 is 24.2 Å². The molecule has 2 atom stereocenters. The van der Waals surface area contributed by atoms with Crippen LogP contribution >= 0.6 is 0 Å². The molecule has 5 heteroatoms. The molecule has 29 heavy (non-hydrogen) atoms. The maximum absolute atomic E-state index is 12.9. The van der Waals surface area contributed by atoms with Gasteiger partial charge in [-0.3, -0.25) is 9.59 Å². The van der Waals surface area contributed by atoms with Crippen LogP contribution in [-0.2, 0) is 19.9 Å². The molecule has 2 rings (SSSR count). The molecule has 0 saturated heterocycles. The summed E-state index contributed by atoms with van der Waals surface area (Å²) < 4.78 is 9.96. The van der Waals surface area contributed by atoms with Crippen molar-refractivity contribution >= 4 is 11.8 Å². The van der Waals surface area contributed by atoms with Gasteiger partial charge in [-0.05, 0) is 40.2 Å². The Labute approximate surface area is 173 Å². The van der Waals surface area contributed by atoms with Gasteiger partial charge in [0.1, 0.15) is 0 Å². The normalized spacial score (nSPS) is 13.8. The highest BCUT2D eigenvalue weighted by Crippen LogP contribution is 2.34. The van der Waals surface area contributed by atoms with Gasteiger partial charge >= 0.3 is 5.97 Å². The SMILES string of the molecule is CC(C)OC(C)C.COC(=O)C(C)C(O)(C(=O)c1ccccc1)c1ccccc1. The molecule has 0 radical (unpaired) electrons. The Kier molecular flexibility index (Phi) is 9.72. The minimum atomic E-state index is -1.98. The third-order valence-corrected chi connectivity index (χ3v) is 4.32. The van der Waals surface area contributed by atoms with Crippen LogP contribution in [0.4, 0.5) is 0 Å². The minimum absolute atomic E-state index is 0.338. The van der Waals surface area contributed by atoms with E-state index in [1.54, 1.807) is 60.7 Å². The number of carbonyl (C=O) groups excluding carboxylic acids is 2. The molecular formula is C24H32O5. The smallest absolute Gasteiger partial charge is 0.312 e. The number of aliphatic hydroxyl groups is 1. The van der Waals surface area contributed by atoms with Crippen LogP contribution in [0.2, 0.25) is 0 Å². The number of benzene rings is 2. The summed E-state index contributed by atoms with van der Waals surface area (Å²) in [5.74, 6) is -2.21. The predicted octanol–water partition coefficient (Wildman–Crippen LogP) is 4.39. The number of rotatable bonds is 7. The largest absolute Gasteiger partial charge is 0.469 e. The first-order chi connectivity index (χ1) is 13.6. The van der Waals surface area contributed by atoms with Gasteiger partial charge < -0.3 is 14.6 Å². The van der Waals surface area contributed by atoms with Gasteiger partial charge in [0.25, 0.3) is 0 Å². The number of hydrogen-bond acceptors (Lipinski definition) is 5. The third kappa shape index (κ3) is 6.80. The van der Waals surface area contributed by atoms with Gasteiger partial charge in [0.2, 0.25) is 0 Å². The van der Waals surface area contributed by atoms with Gasteiger partial charge in [0.15, 0.2) is 11.4 Å². The lowest BCUT2D eigenvalue weighted by atomic mass is 9.77. The highest BCUT2D eigenvalue weighted by atomic mass is 16.5. The molecular weight excluding hydrogens is 368 g/mol. The number of methoxy groups -OCH3 is 1. The van der Waals surface area contributed by atoms with Crippen molar-refractivity contribution in [1.29, 1.82) is 0 Å². The fraction of sp³-hybridized carbons (Fsp3) is 0.417. The summed E-state index contributed by atoms with van der Waals surface area (Å²) in [7, 11) is 1.23. The Morgan fingerprint density at radius 1 is 0.828 bits per heavy atom. The maximum atomic E-state index is 12.9. The van der Waals surface area contributed by atoms with Crippen molar-refractivity contribution in [2.24, 2.45) is 5.92 Å². The number of ketones is 1. The van der Waals surface area contributed by atoms with Crippen LogP contribution in [0.25, 0.3) is 0 Å². The topological polar surface area (TPSA) is 72.8 Å². The van der Waals surface area contributed by atoms with E-state index in [4.69, 9.17) is 9.47 Å². The van der Waals surface area contributed by atoms with Crippen LogP contribution in [0, 0.1) is 5.92 Å². The van der Waals surface area contributed by atoms with E-state index in [1.807, 2.05) is 27.7 Å². The molecule has 0 fully saturated rings. The monoisotopic (exact) mass is 400 g/mol. The third-order valence-electron chi connectivity index (χ3n) is 4.32. The van der Waals surface area contributed by atoms with Crippen molar-refractivity contribution in [3.63, 3.8) is 0 Å². The molecule has 2 aromatic rings. The molecule has 0 aromatic heterocycles. The zero-order valence-corrected chi connectivity index (χ0v) is 18.1. The molecule has 1 N–H and O–H groups in total. The van der Waals surface area contributed by atoms with Crippen molar-refractivity contribution in [3.8, 4) is 0 Å².